The molecule has 21 heavy (non-hydrogen) atoms. The maximum atomic E-state index is 12.1. The molecular formula is C15H27N3O2S. The highest BCUT2D eigenvalue weighted by molar-refractivity contribution is 7.89. The second-order valence-corrected chi connectivity index (χ2v) is 7.47. The van der Waals surface area contributed by atoms with Gasteiger partial charge in [-0.25, -0.2) is 18.1 Å². The van der Waals surface area contributed by atoms with E-state index in [0.717, 1.165) is 18.5 Å². The minimum absolute atomic E-state index is 0.0812. The second-order valence-electron chi connectivity index (χ2n) is 5.75. The lowest BCUT2D eigenvalue weighted by Gasteiger charge is -2.16. The number of hydrogen-bond acceptors (Lipinski definition) is 4. The minimum atomic E-state index is -3.51. The Balaban J connectivity index is 2.62. The van der Waals surface area contributed by atoms with Crippen molar-refractivity contribution in [2.24, 2.45) is 11.8 Å². The molecule has 0 fully saturated rings. The molecule has 6 heteroatoms. The molecule has 1 aromatic rings. The Kier molecular flexibility index (Phi) is 7.28. The molecule has 120 valence electrons. The van der Waals surface area contributed by atoms with Crippen molar-refractivity contribution >= 4 is 10.0 Å². The van der Waals surface area contributed by atoms with Gasteiger partial charge in [-0.2, -0.15) is 0 Å². The summed E-state index contributed by atoms with van der Waals surface area (Å²) in [4.78, 5) is 4.06. The standard InChI is InChI=1S/C15H27N3O2S/c1-5-8-16-10-14-6-7-15(17-11-14)21(19,20)18-9-13(4)12(2)3/h6-7,11-13,16,18H,5,8-10H2,1-4H3. The fourth-order valence-corrected chi connectivity index (χ4v) is 2.70. The Morgan fingerprint density at radius 1 is 1.24 bits per heavy atom. The van der Waals surface area contributed by atoms with E-state index in [-0.39, 0.29) is 10.9 Å². The van der Waals surface area contributed by atoms with Crippen molar-refractivity contribution in [1.82, 2.24) is 15.0 Å². The molecule has 1 rings (SSSR count). The minimum Gasteiger partial charge on any atom is -0.313 e. The van der Waals surface area contributed by atoms with Crippen molar-refractivity contribution in [1.29, 1.82) is 0 Å². The molecule has 1 aromatic heterocycles. The van der Waals surface area contributed by atoms with Crippen LogP contribution < -0.4 is 10.0 Å². The van der Waals surface area contributed by atoms with Crippen molar-refractivity contribution in [2.45, 2.75) is 45.7 Å². The molecule has 5 nitrogen and oxygen atoms in total. The van der Waals surface area contributed by atoms with E-state index in [1.165, 1.54) is 0 Å². The number of aromatic nitrogens is 1. The maximum Gasteiger partial charge on any atom is 0.258 e. The van der Waals surface area contributed by atoms with Crippen LogP contribution in [-0.2, 0) is 16.6 Å². The number of sulfonamides is 1. The molecule has 0 saturated carbocycles. The molecule has 0 aromatic carbocycles. The average Bonchev–Trinajstić information content (AvgIpc) is 2.45. The molecule has 0 bridgehead atoms. The van der Waals surface area contributed by atoms with Crippen LogP contribution >= 0.6 is 0 Å². The van der Waals surface area contributed by atoms with Crippen LogP contribution in [0.2, 0.25) is 0 Å². The Bertz CT molecular complexity index is 512. The van der Waals surface area contributed by atoms with E-state index in [1.807, 2.05) is 6.92 Å². The van der Waals surface area contributed by atoms with E-state index in [0.29, 0.717) is 19.0 Å². The van der Waals surface area contributed by atoms with Gasteiger partial charge in [-0.15, -0.1) is 0 Å². The second kappa shape index (κ2) is 8.46. The van der Waals surface area contributed by atoms with Crippen molar-refractivity contribution < 1.29 is 8.42 Å². The van der Waals surface area contributed by atoms with Crippen molar-refractivity contribution in [3.8, 4) is 0 Å². The van der Waals surface area contributed by atoms with Gasteiger partial charge in [0.1, 0.15) is 0 Å². The molecule has 1 heterocycles. The van der Waals surface area contributed by atoms with Gasteiger partial charge in [-0.05, 0) is 36.4 Å². The summed E-state index contributed by atoms with van der Waals surface area (Å²) in [5.74, 6) is 0.727. The molecule has 0 spiro atoms. The molecule has 0 amide bonds. The van der Waals surface area contributed by atoms with Gasteiger partial charge >= 0.3 is 0 Å². The molecule has 1 unspecified atom stereocenters. The smallest absolute Gasteiger partial charge is 0.258 e. The summed E-state index contributed by atoms with van der Waals surface area (Å²) in [6.45, 7) is 10.4. The number of rotatable bonds is 9. The molecule has 0 aliphatic rings. The molecule has 0 radical (unpaired) electrons. The van der Waals surface area contributed by atoms with Gasteiger partial charge in [0.15, 0.2) is 5.03 Å². The first-order valence-corrected chi connectivity index (χ1v) is 9.00. The van der Waals surface area contributed by atoms with Gasteiger partial charge in [0.05, 0.1) is 0 Å². The number of nitrogens with zero attached hydrogens (tertiary/aromatic N) is 1. The van der Waals surface area contributed by atoms with Crippen LogP contribution in [0.4, 0.5) is 0 Å². The van der Waals surface area contributed by atoms with E-state index >= 15 is 0 Å². The van der Waals surface area contributed by atoms with Gasteiger partial charge in [-0.3, -0.25) is 0 Å². The Labute approximate surface area is 128 Å². The predicted octanol–water partition coefficient (Wildman–Crippen LogP) is 2.15. The van der Waals surface area contributed by atoms with Crippen LogP contribution in [0.5, 0.6) is 0 Å². The summed E-state index contributed by atoms with van der Waals surface area (Å²) < 4.78 is 26.9. The highest BCUT2D eigenvalue weighted by Crippen LogP contribution is 2.11. The molecule has 2 N–H and O–H groups in total. The first-order chi connectivity index (χ1) is 9.86. The van der Waals surface area contributed by atoms with Crippen LogP contribution in [0.3, 0.4) is 0 Å². The topological polar surface area (TPSA) is 71.1 Å². The average molecular weight is 313 g/mol. The van der Waals surface area contributed by atoms with E-state index in [2.05, 4.69) is 35.8 Å². The lowest BCUT2D eigenvalue weighted by molar-refractivity contribution is 0.414. The zero-order valence-corrected chi connectivity index (χ0v) is 14.2. The number of nitrogens with one attached hydrogen (secondary N) is 2. The van der Waals surface area contributed by atoms with Gasteiger partial charge in [0, 0.05) is 19.3 Å². The Hall–Kier alpha value is -0.980. The summed E-state index contributed by atoms with van der Waals surface area (Å²) in [5, 5.41) is 3.34. The molecule has 0 aliphatic carbocycles. The van der Waals surface area contributed by atoms with Crippen LogP contribution in [-0.4, -0.2) is 26.5 Å². The fourth-order valence-electron chi connectivity index (χ4n) is 1.63. The van der Waals surface area contributed by atoms with Crippen molar-refractivity contribution in [3.63, 3.8) is 0 Å². The number of pyridine rings is 1. The molecule has 0 aliphatic heterocycles. The van der Waals surface area contributed by atoms with Crippen LogP contribution in [0.1, 0.15) is 39.7 Å². The highest BCUT2D eigenvalue weighted by Gasteiger charge is 2.17. The van der Waals surface area contributed by atoms with E-state index in [4.69, 9.17) is 0 Å². The van der Waals surface area contributed by atoms with E-state index < -0.39 is 10.0 Å². The van der Waals surface area contributed by atoms with Gasteiger partial charge in [0.2, 0.25) is 0 Å². The highest BCUT2D eigenvalue weighted by atomic mass is 32.2. The third-order valence-corrected chi connectivity index (χ3v) is 4.90. The normalized spacial score (nSPS) is 13.6. The molecule has 0 saturated heterocycles. The van der Waals surface area contributed by atoms with Crippen LogP contribution in [0.15, 0.2) is 23.4 Å². The van der Waals surface area contributed by atoms with Crippen LogP contribution in [0.25, 0.3) is 0 Å². The molecule has 1 atom stereocenters. The first kappa shape index (κ1) is 18.1. The zero-order valence-electron chi connectivity index (χ0n) is 13.4. The SMILES string of the molecule is CCCNCc1ccc(S(=O)(=O)NCC(C)C(C)C)nc1. The summed E-state index contributed by atoms with van der Waals surface area (Å²) >= 11 is 0. The Morgan fingerprint density at radius 3 is 2.48 bits per heavy atom. The summed E-state index contributed by atoms with van der Waals surface area (Å²) in [6, 6.07) is 3.36. The zero-order chi connectivity index (χ0) is 15.9. The van der Waals surface area contributed by atoms with Crippen molar-refractivity contribution in [3.05, 3.63) is 23.9 Å². The predicted molar refractivity (Wildman–Crippen MR) is 85.4 cm³/mol. The van der Waals surface area contributed by atoms with Crippen LogP contribution in [0, 0.1) is 11.8 Å². The lowest BCUT2D eigenvalue weighted by Crippen LogP contribution is -2.30. The third-order valence-electron chi connectivity index (χ3n) is 3.56. The lowest BCUT2D eigenvalue weighted by atomic mass is 9.99. The van der Waals surface area contributed by atoms with Gasteiger partial charge in [0.25, 0.3) is 10.0 Å². The quantitative estimate of drug-likeness (QED) is 0.685. The molecular weight excluding hydrogens is 286 g/mol. The first-order valence-electron chi connectivity index (χ1n) is 7.52. The summed E-state index contributed by atoms with van der Waals surface area (Å²) in [6.07, 6.45) is 2.68. The maximum absolute atomic E-state index is 12.1. The van der Waals surface area contributed by atoms with Crippen molar-refractivity contribution in [2.75, 3.05) is 13.1 Å². The summed E-state index contributed by atoms with van der Waals surface area (Å²) in [5.41, 5.74) is 0.984. The van der Waals surface area contributed by atoms with Gasteiger partial charge < -0.3 is 5.32 Å². The summed E-state index contributed by atoms with van der Waals surface area (Å²) in [7, 11) is -3.51. The van der Waals surface area contributed by atoms with E-state index in [9.17, 15) is 8.42 Å². The largest absolute Gasteiger partial charge is 0.313 e. The third kappa shape index (κ3) is 6.11. The number of hydrogen-bond donors (Lipinski definition) is 2. The van der Waals surface area contributed by atoms with E-state index in [1.54, 1.807) is 18.3 Å². The monoisotopic (exact) mass is 313 g/mol. The Morgan fingerprint density at radius 2 is 1.95 bits per heavy atom. The fraction of sp³-hybridized carbons (Fsp3) is 0.667. The van der Waals surface area contributed by atoms with Gasteiger partial charge in [-0.1, -0.05) is 33.8 Å².